The Kier molecular flexibility index (Phi) is 3.96. The minimum atomic E-state index is 0.288. The van der Waals surface area contributed by atoms with Crippen LogP contribution in [0.4, 0.5) is 0 Å². The number of fused-ring (bicyclic) bond motifs is 1. The van der Waals surface area contributed by atoms with Crippen LogP contribution in [0.5, 0.6) is 0 Å². The molecule has 112 valence electrons. The number of hydrogen-bond donors (Lipinski definition) is 1. The Morgan fingerprint density at radius 3 is 2.86 bits per heavy atom. The zero-order valence-electron chi connectivity index (χ0n) is 13.3. The van der Waals surface area contributed by atoms with Crippen LogP contribution in [0.3, 0.4) is 0 Å². The predicted octanol–water partition coefficient (Wildman–Crippen LogP) is 3.05. The van der Waals surface area contributed by atoms with Crippen molar-refractivity contribution in [3.8, 4) is 0 Å². The van der Waals surface area contributed by atoms with E-state index >= 15 is 0 Å². The molecule has 3 heteroatoms. The molecule has 1 N–H and O–H groups in total. The summed E-state index contributed by atoms with van der Waals surface area (Å²) in [6.07, 6.45) is 1.94. The molecule has 1 aliphatic rings. The number of pyridine rings is 1. The molecule has 1 aliphatic heterocycles. The minimum absolute atomic E-state index is 0.288. The van der Waals surface area contributed by atoms with Crippen LogP contribution >= 0.6 is 0 Å². The SMILES string of the molecule is CC(C)(C)C1CNCCN1Cc1ccnc2ccccc12. The second-order valence-electron chi connectivity index (χ2n) is 7.04. The number of rotatable bonds is 2. The lowest BCUT2D eigenvalue weighted by Gasteiger charge is -2.43. The molecule has 1 unspecified atom stereocenters. The Morgan fingerprint density at radius 1 is 1.24 bits per heavy atom. The first-order chi connectivity index (χ1) is 10.1. The number of benzene rings is 1. The van der Waals surface area contributed by atoms with E-state index < -0.39 is 0 Å². The largest absolute Gasteiger partial charge is 0.314 e. The quantitative estimate of drug-likeness (QED) is 0.918. The van der Waals surface area contributed by atoms with Crippen LogP contribution in [0.15, 0.2) is 36.5 Å². The second kappa shape index (κ2) is 5.74. The van der Waals surface area contributed by atoms with Crippen molar-refractivity contribution in [1.82, 2.24) is 15.2 Å². The van der Waals surface area contributed by atoms with Crippen molar-refractivity contribution in [2.75, 3.05) is 19.6 Å². The third kappa shape index (κ3) is 3.09. The average molecular weight is 283 g/mol. The van der Waals surface area contributed by atoms with Gasteiger partial charge < -0.3 is 5.32 Å². The molecular formula is C18H25N3. The number of nitrogens with one attached hydrogen (secondary N) is 1. The fourth-order valence-corrected chi connectivity index (χ4v) is 3.30. The van der Waals surface area contributed by atoms with Gasteiger partial charge in [-0.3, -0.25) is 9.88 Å². The summed E-state index contributed by atoms with van der Waals surface area (Å²) in [5.74, 6) is 0. The summed E-state index contributed by atoms with van der Waals surface area (Å²) in [7, 11) is 0. The first kappa shape index (κ1) is 14.5. The summed E-state index contributed by atoms with van der Waals surface area (Å²) in [6.45, 7) is 11.3. The van der Waals surface area contributed by atoms with Gasteiger partial charge in [0.05, 0.1) is 5.52 Å². The number of piperazine rings is 1. The molecule has 2 aromatic rings. The van der Waals surface area contributed by atoms with Crippen LogP contribution < -0.4 is 5.32 Å². The Bertz CT molecular complexity index is 610. The second-order valence-corrected chi connectivity index (χ2v) is 7.04. The van der Waals surface area contributed by atoms with Gasteiger partial charge in [-0.05, 0) is 23.1 Å². The van der Waals surface area contributed by atoms with Gasteiger partial charge in [0.15, 0.2) is 0 Å². The van der Waals surface area contributed by atoms with Crippen molar-refractivity contribution < 1.29 is 0 Å². The summed E-state index contributed by atoms with van der Waals surface area (Å²) in [5.41, 5.74) is 2.77. The van der Waals surface area contributed by atoms with Crippen molar-refractivity contribution in [2.45, 2.75) is 33.4 Å². The van der Waals surface area contributed by atoms with E-state index in [1.54, 1.807) is 0 Å². The molecule has 1 aromatic heterocycles. The van der Waals surface area contributed by atoms with Gasteiger partial charge in [-0.1, -0.05) is 39.0 Å². The van der Waals surface area contributed by atoms with Crippen LogP contribution in [-0.4, -0.2) is 35.6 Å². The van der Waals surface area contributed by atoms with E-state index in [2.05, 4.69) is 66.3 Å². The summed E-state index contributed by atoms with van der Waals surface area (Å²) >= 11 is 0. The van der Waals surface area contributed by atoms with Crippen LogP contribution in [0, 0.1) is 5.41 Å². The average Bonchev–Trinajstić information content (AvgIpc) is 2.47. The number of para-hydroxylation sites is 1. The lowest BCUT2D eigenvalue weighted by Crippen LogP contribution is -2.56. The standard InChI is InChI=1S/C18H25N3/c1-18(2,3)17-12-19-10-11-21(17)13-14-8-9-20-16-7-5-4-6-15(14)16/h4-9,17,19H,10-13H2,1-3H3. The molecule has 3 nitrogen and oxygen atoms in total. The van der Waals surface area contributed by atoms with Gasteiger partial charge in [0.1, 0.15) is 0 Å². The Labute approximate surface area is 127 Å². The molecule has 1 aromatic carbocycles. The van der Waals surface area contributed by atoms with Crippen LogP contribution in [0.1, 0.15) is 26.3 Å². The van der Waals surface area contributed by atoms with E-state index in [1.807, 2.05) is 6.20 Å². The van der Waals surface area contributed by atoms with E-state index in [-0.39, 0.29) is 5.41 Å². The fraction of sp³-hybridized carbons (Fsp3) is 0.500. The molecule has 0 amide bonds. The summed E-state index contributed by atoms with van der Waals surface area (Å²) in [6, 6.07) is 11.2. The normalized spacial score (nSPS) is 20.8. The number of hydrogen-bond acceptors (Lipinski definition) is 3. The summed E-state index contributed by atoms with van der Waals surface area (Å²) in [5, 5.41) is 4.82. The molecule has 2 heterocycles. The van der Waals surface area contributed by atoms with Gasteiger partial charge in [-0.15, -0.1) is 0 Å². The van der Waals surface area contributed by atoms with E-state index in [0.717, 1.165) is 31.7 Å². The molecule has 1 fully saturated rings. The van der Waals surface area contributed by atoms with E-state index in [1.165, 1.54) is 10.9 Å². The predicted molar refractivity (Wildman–Crippen MR) is 88.3 cm³/mol. The van der Waals surface area contributed by atoms with Crippen molar-refractivity contribution >= 4 is 10.9 Å². The Hall–Kier alpha value is -1.45. The van der Waals surface area contributed by atoms with Crippen LogP contribution in [-0.2, 0) is 6.54 Å². The highest BCUT2D eigenvalue weighted by molar-refractivity contribution is 5.81. The third-order valence-electron chi connectivity index (χ3n) is 4.47. The van der Waals surface area contributed by atoms with E-state index in [4.69, 9.17) is 0 Å². The fourth-order valence-electron chi connectivity index (χ4n) is 3.30. The smallest absolute Gasteiger partial charge is 0.0705 e. The lowest BCUT2D eigenvalue weighted by molar-refractivity contribution is 0.0692. The first-order valence-corrected chi connectivity index (χ1v) is 7.83. The van der Waals surface area contributed by atoms with Crippen molar-refractivity contribution in [3.63, 3.8) is 0 Å². The highest BCUT2D eigenvalue weighted by Crippen LogP contribution is 2.28. The minimum Gasteiger partial charge on any atom is -0.314 e. The monoisotopic (exact) mass is 283 g/mol. The Morgan fingerprint density at radius 2 is 2.05 bits per heavy atom. The van der Waals surface area contributed by atoms with Gasteiger partial charge in [0, 0.05) is 43.8 Å². The van der Waals surface area contributed by atoms with Gasteiger partial charge in [0.2, 0.25) is 0 Å². The van der Waals surface area contributed by atoms with Crippen LogP contribution in [0.25, 0.3) is 10.9 Å². The van der Waals surface area contributed by atoms with Crippen molar-refractivity contribution in [1.29, 1.82) is 0 Å². The Balaban J connectivity index is 1.90. The molecule has 0 saturated carbocycles. The maximum absolute atomic E-state index is 4.47. The van der Waals surface area contributed by atoms with Crippen LogP contribution in [0.2, 0.25) is 0 Å². The molecule has 3 rings (SSSR count). The van der Waals surface area contributed by atoms with E-state index in [0.29, 0.717) is 6.04 Å². The van der Waals surface area contributed by atoms with Crippen molar-refractivity contribution in [2.24, 2.45) is 5.41 Å². The molecule has 0 radical (unpaired) electrons. The molecule has 1 atom stereocenters. The number of aromatic nitrogens is 1. The molecular weight excluding hydrogens is 258 g/mol. The van der Waals surface area contributed by atoms with Crippen molar-refractivity contribution in [3.05, 3.63) is 42.1 Å². The first-order valence-electron chi connectivity index (χ1n) is 7.83. The lowest BCUT2D eigenvalue weighted by atomic mass is 9.84. The third-order valence-corrected chi connectivity index (χ3v) is 4.47. The maximum Gasteiger partial charge on any atom is 0.0705 e. The summed E-state index contributed by atoms with van der Waals surface area (Å²) in [4.78, 5) is 7.10. The molecule has 21 heavy (non-hydrogen) atoms. The van der Waals surface area contributed by atoms with Gasteiger partial charge in [-0.25, -0.2) is 0 Å². The van der Waals surface area contributed by atoms with E-state index in [9.17, 15) is 0 Å². The molecule has 0 bridgehead atoms. The highest BCUT2D eigenvalue weighted by Gasteiger charge is 2.32. The van der Waals surface area contributed by atoms with Gasteiger partial charge >= 0.3 is 0 Å². The van der Waals surface area contributed by atoms with Gasteiger partial charge in [-0.2, -0.15) is 0 Å². The zero-order chi connectivity index (χ0) is 14.9. The van der Waals surface area contributed by atoms with Gasteiger partial charge in [0.25, 0.3) is 0 Å². The molecule has 0 spiro atoms. The topological polar surface area (TPSA) is 28.2 Å². The number of nitrogens with zero attached hydrogens (tertiary/aromatic N) is 2. The highest BCUT2D eigenvalue weighted by atomic mass is 15.2. The maximum atomic E-state index is 4.47. The molecule has 0 aliphatic carbocycles. The summed E-state index contributed by atoms with van der Waals surface area (Å²) < 4.78 is 0. The molecule has 1 saturated heterocycles. The zero-order valence-corrected chi connectivity index (χ0v) is 13.3.